The van der Waals surface area contributed by atoms with Crippen molar-refractivity contribution < 1.29 is 4.92 Å². The van der Waals surface area contributed by atoms with Gasteiger partial charge in [-0.1, -0.05) is 23.7 Å². The van der Waals surface area contributed by atoms with Gasteiger partial charge in [0.25, 0.3) is 0 Å². The van der Waals surface area contributed by atoms with Gasteiger partial charge in [0.2, 0.25) is 5.82 Å². The Morgan fingerprint density at radius 3 is 2.74 bits per heavy atom. The van der Waals surface area contributed by atoms with E-state index in [9.17, 15) is 10.1 Å². The first-order valence-corrected chi connectivity index (χ1v) is 6.93. The molecule has 0 radical (unpaired) electrons. The Labute approximate surface area is 119 Å². The molecule has 7 heteroatoms. The van der Waals surface area contributed by atoms with Gasteiger partial charge in [0.15, 0.2) is 0 Å². The van der Waals surface area contributed by atoms with Crippen LogP contribution in [-0.2, 0) is 0 Å². The van der Waals surface area contributed by atoms with Crippen LogP contribution in [-0.4, -0.2) is 16.2 Å². The van der Waals surface area contributed by atoms with Crippen LogP contribution >= 0.6 is 23.4 Å². The molecule has 1 N–H and O–H groups in total. The van der Waals surface area contributed by atoms with Gasteiger partial charge < -0.3 is 5.32 Å². The fourth-order valence-electron chi connectivity index (χ4n) is 1.54. The fourth-order valence-corrected chi connectivity index (χ4v) is 2.24. The van der Waals surface area contributed by atoms with Crippen molar-refractivity contribution in [2.24, 2.45) is 0 Å². The summed E-state index contributed by atoms with van der Waals surface area (Å²) < 4.78 is 0. The lowest BCUT2D eigenvalue weighted by molar-refractivity contribution is -0.384. The highest BCUT2D eigenvalue weighted by atomic mass is 35.5. The normalized spacial score (nSPS) is 10.2. The van der Waals surface area contributed by atoms with E-state index in [1.54, 1.807) is 11.8 Å². The first-order valence-electron chi connectivity index (χ1n) is 5.33. The molecule has 5 nitrogen and oxygen atoms in total. The van der Waals surface area contributed by atoms with Crippen LogP contribution in [0.4, 0.5) is 17.2 Å². The number of hydrogen-bond donors (Lipinski definition) is 1. The molecule has 0 unspecified atom stereocenters. The molecule has 0 fully saturated rings. The molecule has 1 heterocycles. The molecule has 2 rings (SSSR count). The molecule has 0 atom stereocenters. The zero-order valence-corrected chi connectivity index (χ0v) is 11.5. The van der Waals surface area contributed by atoms with Crippen LogP contribution in [0.1, 0.15) is 0 Å². The van der Waals surface area contributed by atoms with Crippen LogP contribution < -0.4 is 5.32 Å². The molecule has 98 valence electrons. The Balaban J connectivity index is 2.42. The first kappa shape index (κ1) is 13.6. The quantitative estimate of drug-likeness (QED) is 0.398. The Morgan fingerprint density at radius 2 is 2.05 bits per heavy atom. The van der Waals surface area contributed by atoms with Crippen LogP contribution in [0.25, 0.3) is 0 Å². The third kappa shape index (κ3) is 3.15. The molecule has 0 aliphatic carbocycles. The summed E-state index contributed by atoms with van der Waals surface area (Å²) in [4.78, 5) is 15.4. The summed E-state index contributed by atoms with van der Waals surface area (Å²) >= 11 is 7.32. The maximum Gasteiger partial charge on any atom is 0.311 e. The number of para-hydroxylation sites is 1. The van der Waals surface area contributed by atoms with E-state index in [1.807, 2.05) is 30.5 Å². The smallest absolute Gasteiger partial charge is 0.311 e. The van der Waals surface area contributed by atoms with Crippen LogP contribution in [0.2, 0.25) is 5.15 Å². The minimum absolute atomic E-state index is 0.111. The van der Waals surface area contributed by atoms with Gasteiger partial charge in [-0.2, -0.15) is 0 Å². The van der Waals surface area contributed by atoms with Gasteiger partial charge in [0, 0.05) is 11.0 Å². The number of aromatic nitrogens is 1. The minimum atomic E-state index is -0.493. The lowest BCUT2D eigenvalue weighted by Crippen LogP contribution is -2.00. The number of benzene rings is 1. The van der Waals surface area contributed by atoms with Gasteiger partial charge in [0.1, 0.15) is 5.15 Å². The number of halogens is 1. The van der Waals surface area contributed by atoms with Crippen molar-refractivity contribution in [3.8, 4) is 0 Å². The summed E-state index contributed by atoms with van der Waals surface area (Å²) in [6.07, 6.45) is 1.93. The SMILES string of the molecule is CSc1ccccc1Nc1nc(Cl)ccc1[N+](=O)[O-]. The van der Waals surface area contributed by atoms with Gasteiger partial charge in [-0.25, -0.2) is 4.98 Å². The summed E-state index contributed by atoms with van der Waals surface area (Å²) in [5.74, 6) is 0.138. The molecular formula is C12H10ClN3O2S. The number of rotatable bonds is 4. The van der Waals surface area contributed by atoms with Crippen molar-refractivity contribution in [3.63, 3.8) is 0 Å². The topological polar surface area (TPSA) is 68.1 Å². The third-order valence-corrected chi connectivity index (χ3v) is 3.40. The number of anilines is 2. The van der Waals surface area contributed by atoms with Gasteiger partial charge in [-0.3, -0.25) is 10.1 Å². The van der Waals surface area contributed by atoms with E-state index in [2.05, 4.69) is 10.3 Å². The van der Waals surface area contributed by atoms with Crippen molar-refractivity contribution in [2.45, 2.75) is 4.90 Å². The molecule has 0 amide bonds. The lowest BCUT2D eigenvalue weighted by Gasteiger charge is -2.09. The molecule has 1 aromatic heterocycles. The summed E-state index contributed by atoms with van der Waals surface area (Å²) in [6, 6.07) is 10.2. The molecule has 1 aromatic carbocycles. The summed E-state index contributed by atoms with van der Waals surface area (Å²) in [5, 5.41) is 14.1. The molecule has 0 aliphatic heterocycles. The van der Waals surface area contributed by atoms with Crippen molar-refractivity contribution in [3.05, 3.63) is 51.7 Å². The van der Waals surface area contributed by atoms with Crippen LogP contribution in [0.5, 0.6) is 0 Å². The van der Waals surface area contributed by atoms with E-state index in [4.69, 9.17) is 11.6 Å². The highest BCUT2D eigenvalue weighted by molar-refractivity contribution is 7.98. The van der Waals surface area contributed by atoms with E-state index >= 15 is 0 Å². The Morgan fingerprint density at radius 1 is 1.32 bits per heavy atom. The van der Waals surface area contributed by atoms with E-state index in [-0.39, 0.29) is 16.7 Å². The highest BCUT2D eigenvalue weighted by Gasteiger charge is 2.16. The molecule has 0 saturated carbocycles. The van der Waals surface area contributed by atoms with E-state index in [1.165, 1.54) is 12.1 Å². The van der Waals surface area contributed by atoms with Gasteiger partial charge >= 0.3 is 5.69 Å². The number of hydrogen-bond acceptors (Lipinski definition) is 5. The molecule has 19 heavy (non-hydrogen) atoms. The molecule has 0 bridgehead atoms. The monoisotopic (exact) mass is 295 g/mol. The second-order valence-corrected chi connectivity index (χ2v) is 4.82. The van der Waals surface area contributed by atoms with E-state index in [0.717, 1.165) is 10.6 Å². The van der Waals surface area contributed by atoms with Crippen LogP contribution in [0, 0.1) is 10.1 Å². The number of nitrogens with one attached hydrogen (secondary N) is 1. The van der Waals surface area contributed by atoms with E-state index < -0.39 is 4.92 Å². The van der Waals surface area contributed by atoms with Gasteiger partial charge in [0.05, 0.1) is 10.6 Å². The fraction of sp³-hybridized carbons (Fsp3) is 0.0833. The second-order valence-electron chi connectivity index (χ2n) is 3.58. The average molecular weight is 296 g/mol. The predicted octanol–water partition coefficient (Wildman–Crippen LogP) is 4.11. The molecule has 0 aliphatic rings. The summed E-state index contributed by atoms with van der Waals surface area (Å²) in [6.45, 7) is 0. The van der Waals surface area contributed by atoms with Crippen molar-refractivity contribution in [1.82, 2.24) is 4.98 Å². The molecule has 0 spiro atoms. The Hall–Kier alpha value is -1.79. The van der Waals surface area contributed by atoms with E-state index in [0.29, 0.717) is 0 Å². The maximum absolute atomic E-state index is 11.0. The molecule has 2 aromatic rings. The highest BCUT2D eigenvalue weighted by Crippen LogP contribution is 2.31. The average Bonchev–Trinajstić information content (AvgIpc) is 2.39. The van der Waals surface area contributed by atoms with Crippen molar-refractivity contribution >= 4 is 40.6 Å². The number of thioether (sulfide) groups is 1. The molecular weight excluding hydrogens is 286 g/mol. The van der Waals surface area contributed by atoms with Crippen LogP contribution in [0.3, 0.4) is 0 Å². The minimum Gasteiger partial charge on any atom is -0.333 e. The van der Waals surface area contributed by atoms with Crippen LogP contribution in [0.15, 0.2) is 41.3 Å². The zero-order valence-electron chi connectivity index (χ0n) is 9.96. The Bertz CT molecular complexity index is 622. The predicted molar refractivity (Wildman–Crippen MR) is 77.4 cm³/mol. The standard InChI is InChI=1S/C12H10ClN3O2S/c1-19-10-5-3-2-4-8(10)14-12-9(16(17)18)6-7-11(13)15-12/h2-7H,1H3,(H,14,15). The zero-order chi connectivity index (χ0) is 13.8. The van der Waals surface area contributed by atoms with Crippen molar-refractivity contribution in [2.75, 3.05) is 11.6 Å². The van der Waals surface area contributed by atoms with Gasteiger partial charge in [-0.15, -0.1) is 11.8 Å². The first-order chi connectivity index (χ1) is 9.11. The lowest BCUT2D eigenvalue weighted by atomic mass is 10.3. The Kier molecular flexibility index (Phi) is 4.24. The number of nitro groups is 1. The maximum atomic E-state index is 11.0. The largest absolute Gasteiger partial charge is 0.333 e. The second kappa shape index (κ2) is 5.90. The molecule has 0 saturated heterocycles. The number of nitrogens with zero attached hydrogens (tertiary/aromatic N) is 2. The number of pyridine rings is 1. The third-order valence-electron chi connectivity index (χ3n) is 2.40. The van der Waals surface area contributed by atoms with Crippen molar-refractivity contribution in [1.29, 1.82) is 0 Å². The summed E-state index contributed by atoms with van der Waals surface area (Å²) in [7, 11) is 0. The van der Waals surface area contributed by atoms with Gasteiger partial charge in [-0.05, 0) is 24.5 Å². The summed E-state index contributed by atoms with van der Waals surface area (Å²) in [5.41, 5.74) is 0.646.